The molecule has 0 atom stereocenters. The molecule has 0 saturated heterocycles. The van der Waals surface area contributed by atoms with Gasteiger partial charge >= 0.3 is 5.97 Å². The van der Waals surface area contributed by atoms with Gasteiger partial charge in [0.2, 0.25) is 0 Å². The molecule has 0 radical (unpaired) electrons. The van der Waals surface area contributed by atoms with Crippen molar-refractivity contribution in [1.29, 1.82) is 0 Å². The lowest BCUT2D eigenvalue weighted by Gasteiger charge is -2.09. The molecule has 6 heteroatoms. The highest BCUT2D eigenvalue weighted by atomic mass is 16.5. The standard InChI is InChI=1S/C24H25N3O3/c1-3-4-17-30-22-13-12-18(27-23(22)24(28)29-2)9-7-8-15-25-21-14-16-26-20-11-6-5-10-19(20)21/h5-6,10-14,16H,3-4,8,15,17H2,1-2H3,(H,25,26). The van der Waals surface area contributed by atoms with Crippen LogP contribution >= 0.6 is 0 Å². The molecule has 0 aliphatic rings. The van der Waals surface area contributed by atoms with Crippen molar-refractivity contribution in [2.75, 3.05) is 25.6 Å². The Morgan fingerprint density at radius 1 is 1.17 bits per heavy atom. The van der Waals surface area contributed by atoms with Crippen molar-refractivity contribution < 1.29 is 14.3 Å². The third-order valence-electron chi connectivity index (χ3n) is 4.42. The maximum atomic E-state index is 12.0. The molecule has 0 aliphatic carbocycles. The van der Waals surface area contributed by atoms with Crippen molar-refractivity contribution in [3.8, 4) is 17.6 Å². The Bertz CT molecular complexity index is 1060. The second-order valence-electron chi connectivity index (χ2n) is 6.59. The van der Waals surface area contributed by atoms with E-state index in [0.717, 1.165) is 29.4 Å². The van der Waals surface area contributed by atoms with Gasteiger partial charge in [0.15, 0.2) is 11.4 Å². The molecule has 0 bridgehead atoms. The van der Waals surface area contributed by atoms with Crippen LogP contribution in [-0.2, 0) is 4.74 Å². The lowest BCUT2D eigenvalue weighted by atomic mass is 10.2. The largest absolute Gasteiger partial charge is 0.491 e. The van der Waals surface area contributed by atoms with E-state index in [2.05, 4.69) is 34.0 Å². The van der Waals surface area contributed by atoms with E-state index in [1.165, 1.54) is 7.11 Å². The van der Waals surface area contributed by atoms with Crippen LogP contribution < -0.4 is 10.1 Å². The minimum absolute atomic E-state index is 0.154. The van der Waals surface area contributed by atoms with E-state index in [1.54, 1.807) is 18.3 Å². The molecule has 0 unspecified atom stereocenters. The molecule has 0 fully saturated rings. The minimum Gasteiger partial charge on any atom is -0.491 e. The fraction of sp³-hybridized carbons (Fsp3) is 0.292. The number of aromatic nitrogens is 2. The van der Waals surface area contributed by atoms with Crippen LogP contribution in [0.15, 0.2) is 48.7 Å². The number of nitrogens with zero attached hydrogens (tertiary/aromatic N) is 2. The number of carbonyl (C=O) groups excluding carboxylic acids is 1. The highest BCUT2D eigenvalue weighted by molar-refractivity contribution is 5.91. The second kappa shape index (κ2) is 10.8. The number of para-hydroxylation sites is 1. The second-order valence-corrected chi connectivity index (χ2v) is 6.59. The highest BCUT2D eigenvalue weighted by Crippen LogP contribution is 2.21. The molecule has 6 nitrogen and oxygen atoms in total. The Morgan fingerprint density at radius 2 is 2.03 bits per heavy atom. The maximum Gasteiger partial charge on any atom is 0.360 e. The fourth-order valence-corrected chi connectivity index (χ4v) is 2.86. The smallest absolute Gasteiger partial charge is 0.360 e. The Labute approximate surface area is 176 Å². The summed E-state index contributed by atoms with van der Waals surface area (Å²) in [5.74, 6) is 5.99. The third kappa shape index (κ3) is 5.48. The predicted octanol–water partition coefficient (Wildman–Crippen LogP) is 4.45. The van der Waals surface area contributed by atoms with Crippen LogP contribution in [0.3, 0.4) is 0 Å². The number of hydrogen-bond acceptors (Lipinski definition) is 6. The molecule has 0 spiro atoms. The monoisotopic (exact) mass is 403 g/mol. The highest BCUT2D eigenvalue weighted by Gasteiger charge is 2.15. The lowest BCUT2D eigenvalue weighted by molar-refractivity contribution is 0.0588. The van der Waals surface area contributed by atoms with Gasteiger partial charge in [-0.05, 0) is 36.6 Å². The first-order chi connectivity index (χ1) is 14.7. The normalized spacial score (nSPS) is 10.2. The third-order valence-corrected chi connectivity index (χ3v) is 4.42. The molecule has 2 aromatic heterocycles. The quantitative estimate of drug-likeness (QED) is 0.340. The van der Waals surface area contributed by atoms with Gasteiger partial charge in [-0.25, -0.2) is 9.78 Å². The molecule has 1 aromatic carbocycles. The number of nitrogens with one attached hydrogen (secondary N) is 1. The Morgan fingerprint density at radius 3 is 2.87 bits per heavy atom. The van der Waals surface area contributed by atoms with Gasteiger partial charge in [0, 0.05) is 30.2 Å². The number of ether oxygens (including phenoxy) is 2. The van der Waals surface area contributed by atoms with E-state index in [9.17, 15) is 4.79 Å². The summed E-state index contributed by atoms with van der Waals surface area (Å²) < 4.78 is 10.5. The van der Waals surface area contributed by atoms with Gasteiger partial charge in [0.1, 0.15) is 5.69 Å². The molecular weight excluding hydrogens is 378 g/mol. The van der Waals surface area contributed by atoms with Gasteiger partial charge in [0.05, 0.1) is 19.2 Å². The van der Waals surface area contributed by atoms with Crippen LogP contribution in [0.2, 0.25) is 0 Å². The van der Waals surface area contributed by atoms with Crippen molar-refractivity contribution in [2.24, 2.45) is 0 Å². The van der Waals surface area contributed by atoms with Crippen LogP contribution in [-0.4, -0.2) is 36.2 Å². The van der Waals surface area contributed by atoms with Gasteiger partial charge in [0.25, 0.3) is 0 Å². The van der Waals surface area contributed by atoms with Gasteiger partial charge in [-0.3, -0.25) is 4.98 Å². The number of carbonyl (C=O) groups is 1. The number of anilines is 1. The number of hydrogen-bond donors (Lipinski definition) is 1. The first-order valence-electron chi connectivity index (χ1n) is 10.0. The van der Waals surface area contributed by atoms with Crippen molar-refractivity contribution in [1.82, 2.24) is 9.97 Å². The Balaban J connectivity index is 1.63. The van der Waals surface area contributed by atoms with Crippen LogP contribution in [0.1, 0.15) is 42.4 Å². The summed E-state index contributed by atoms with van der Waals surface area (Å²) >= 11 is 0. The first kappa shape index (κ1) is 21.1. The average molecular weight is 403 g/mol. The zero-order valence-corrected chi connectivity index (χ0v) is 17.3. The van der Waals surface area contributed by atoms with Crippen molar-refractivity contribution in [2.45, 2.75) is 26.2 Å². The first-order valence-corrected chi connectivity index (χ1v) is 10.0. The van der Waals surface area contributed by atoms with Gasteiger partial charge in [-0.15, -0.1) is 0 Å². The molecule has 30 heavy (non-hydrogen) atoms. The van der Waals surface area contributed by atoms with Crippen LogP contribution in [0, 0.1) is 11.8 Å². The summed E-state index contributed by atoms with van der Waals surface area (Å²) in [5, 5.41) is 4.47. The number of benzene rings is 1. The number of methoxy groups -OCH3 is 1. The molecule has 3 aromatic rings. The van der Waals surface area contributed by atoms with Crippen molar-refractivity contribution in [3.05, 3.63) is 60.0 Å². The van der Waals surface area contributed by atoms with Gasteiger partial charge in [-0.2, -0.15) is 0 Å². The number of unbranched alkanes of at least 4 members (excludes halogenated alkanes) is 1. The molecular formula is C24H25N3O3. The van der Waals surface area contributed by atoms with Crippen LogP contribution in [0.5, 0.6) is 5.75 Å². The predicted molar refractivity (Wildman–Crippen MR) is 118 cm³/mol. The Kier molecular flexibility index (Phi) is 7.62. The zero-order chi connectivity index (χ0) is 21.2. The number of pyridine rings is 2. The van der Waals surface area contributed by atoms with Crippen molar-refractivity contribution >= 4 is 22.6 Å². The summed E-state index contributed by atoms with van der Waals surface area (Å²) in [7, 11) is 1.33. The topological polar surface area (TPSA) is 73.3 Å². The summed E-state index contributed by atoms with van der Waals surface area (Å²) in [6.07, 6.45) is 4.33. The Hall–Kier alpha value is -3.59. The molecule has 154 valence electrons. The van der Waals surface area contributed by atoms with E-state index in [0.29, 0.717) is 31.0 Å². The zero-order valence-electron chi connectivity index (χ0n) is 17.3. The summed E-state index contributed by atoms with van der Waals surface area (Å²) in [4.78, 5) is 20.7. The molecule has 0 aliphatic heterocycles. The van der Waals surface area contributed by atoms with E-state index < -0.39 is 5.97 Å². The van der Waals surface area contributed by atoms with Gasteiger partial charge < -0.3 is 14.8 Å². The van der Waals surface area contributed by atoms with Crippen molar-refractivity contribution in [3.63, 3.8) is 0 Å². The minimum atomic E-state index is -0.531. The summed E-state index contributed by atoms with van der Waals surface area (Å²) in [6.45, 7) is 3.29. The summed E-state index contributed by atoms with van der Waals surface area (Å²) in [5.41, 5.74) is 2.64. The molecule has 1 N–H and O–H groups in total. The molecule has 2 heterocycles. The number of rotatable bonds is 8. The SMILES string of the molecule is CCCCOc1ccc(C#CCCNc2ccnc3ccccc23)nc1C(=O)OC. The summed E-state index contributed by atoms with van der Waals surface area (Å²) in [6, 6.07) is 13.4. The molecule has 0 saturated carbocycles. The number of fused-ring (bicyclic) bond motifs is 1. The van der Waals surface area contributed by atoms with E-state index in [-0.39, 0.29) is 5.69 Å². The fourth-order valence-electron chi connectivity index (χ4n) is 2.86. The van der Waals surface area contributed by atoms with E-state index in [4.69, 9.17) is 9.47 Å². The van der Waals surface area contributed by atoms with E-state index in [1.807, 2.05) is 30.3 Å². The molecule has 3 rings (SSSR count). The van der Waals surface area contributed by atoms with E-state index >= 15 is 0 Å². The van der Waals surface area contributed by atoms with Gasteiger partial charge in [-0.1, -0.05) is 37.5 Å². The average Bonchev–Trinajstić information content (AvgIpc) is 2.79. The van der Waals surface area contributed by atoms with Crippen LogP contribution in [0.4, 0.5) is 5.69 Å². The lowest BCUT2D eigenvalue weighted by Crippen LogP contribution is -2.10. The number of esters is 1. The van der Waals surface area contributed by atoms with Crippen LogP contribution in [0.25, 0.3) is 10.9 Å². The maximum absolute atomic E-state index is 12.0. The molecule has 0 amide bonds.